The molecular weight excluding hydrogens is 238 g/mol. The number of carbonyl (C=O) groups excluding carboxylic acids is 1. The first-order valence-corrected chi connectivity index (χ1v) is 6.89. The maximum Gasteiger partial charge on any atom is 0.246 e. The van der Waals surface area contributed by atoms with Crippen LogP contribution < -0.4 is 5.32 Å². The highest BCUT2D eigenvalue weighted by molar-refractivity contribution is 6.21. The normalized spacial score (nSPS) is 26.4. The summed E-state index contributed by atoms with van der Waals surface area (Å²) in [6, 6.07) is 0.107. The van der Waals surface area contributed by atoms with E-state index >= 15 is 0 Å². The molecule has 1 rings (SSSR count). The van der Waals surface area contributed by atoms with Crippen LogP contribution >= 0.6 is 11.6 Å². The molecule has 1 N–H and O–H groups in total. The molecule has 1 amide bonds. The average molecular weight is 262 g/mol. The number of ether oxygens (including phenoxy) is 1. The second-order valence-corrected chi connectivity index (χ2v) is 6.29. The highest BCUT2D eigenvalue weighted by Gasteiger charge is 2.23. The van der Waals surface area contributed by atoms with E-state index in [1.807, 2.05) is 20.8 Å². The molecule has 2 unspecified atom stereocenters. The summed E-state index contributed by atoms with van der Waals surface area (Å²) in [5, 5.41) is 3.05. The van der Waals surface area contributed by atoms with Gasteiger partial charge in [-0.25, -0.2) is 0 Å². The van der Waals surface area contributed by atoms with Crippen molar-refractivity contribution < 1.29 is 9.53 Å². The molecule has 3 nitrogen and oxygen atoms in total. The van der Waals surface area contributed by atoms with Gasteiger partial charge in [-0.1, -0.05) is 19.3 Å². The summed E-state index contributed by atoms with van der Waals surface area (Å²) in [6.45, 7) is 5.94. The molecular formula is C13H24ClNO2. The van der Waals surface area contributed by atoms with Crippen LogP contribution in [0.15, 0.2) is 0 Å². The topological polar surface area (TPSA) is 38.3 Å². The lowest BCUT2D eigenvalue weighted by molar-refractivity contribution is -0.131. The standard InChI is InChI=1S/C13H24ClNO2/c1-13(2,3)17-9-12(16)15-11-8-6-4-5-7-10(11)14/h10-11H,4-9H2,1-3H3,(H,15,16). The van der Waals surface area contributed by atoms with Gasteiger partial charge in [-0.15, -0.1) is 11.6 Å². The van der Waals surface area contributed by atoms with Crippen LogP contribution in [-0.2, 0) is 9.53 Å². The van der Waals surface area contributed by atoms with Gasteiger partial charge in [0.15, 0.2) is 0 Å². The Morgan fingerprint density at radius 3 is 2.59 bits per heavy atom. The molecule has 0 aromatic heterocycles. The second-order valence-electron chi connectivity index (χ2n) is 5.73. The van der Waals surface area contributed by atoms with Crippen LogP contribution in [0, 0.1) is 0 Å². The lowest BCUT2D eigenvalue weighted by Gasteiger charge is -2.23. The monoisotopic (exact) mass is 261 g/mol. The molecule has 100 valence electrons. The van der Waals surface area contributed by atoms with Crippen LogP contribution in [0.3, 0.4) is 0 Å². The summed E-state index contributed by atoms with van der Waals surface area (Å²) in [4.78, 5) is 11.7. The predicted molar refractivity (Wildman–Crippen MR) is 70.4 cm³/mol. The minimum atomic E-state index is -0.277. The van der Waals surface area contributed by atoms with Gasteiger partial charge in [-0.05, 0) is 33.6 Å². The maximum atomic E-state index is 11.7. The van der Waals surface area contributed by atoms with Crippen molar-refractivity contribution in [3.05, 3.63) is 0 Å². The molecule has 4 heteroatoms. The quantitative estimate of drug-likeness (QED) is 0.627. The zero-order valence-corrected chi connectivity index (χ0v) is 11.8. The molecule has 0 aliphatic heterocycles. The van der Waals surface area contributed by atoms with Crippen LogP contribution in [0.5, 0.6) is 0 Å². The molecule has 2 atom stereocenters. The van der Waals surface area contributed by atoms with Gasteiger partial charge in [0, 0.05) is 6.04 Å². The Labute approximate surface area is 109 Å². The van der Waals surface area contributed by atoms with Gasteiger partial charge in [0.2, 0.25) is 5.91 Å². The summed E-state index contributed by atoms with van der Waals surface area (Å²) in [5.41, 5.74) is -0.277. The first kappa shape index (κ1) is 14.8. The summed E-state index contributed by atoms with van der Waals surface area (Å²) in [7, 11) is 0. The molecule has 1 saturated carbocycles. The summed E-state index contributed by atoms with van der Waals surface area (Å²) in [5.74, 6) is -0.0579. The first-order chi connectivity index (χ1) is 7.88. The zero-order valence-electron chi connectivity index (χ0n) is 11.1. The van der Waals surface area contributed by atoms with Crippen molar-refractivity contribution in [2.75, 3.05) is 6.61 Å². The summed E-state index contributed by atoms with van der Waals surface area (Å²) >= 11 is 6.27. The minimum absolute atomic E-state index is 0.0579. The lowest BCUT2D eigenvalue weighted by atomic mass is 10.1. The predicted octanol–water partition coefficient (Wildman–Crippen LogP) is 2.86. The van der Waals surface area contributed by atoms with Crippen molar-refractivity contribution >= 4 is 17.5 Å². The van der Waals surface area contributed by atoms with Crippen molar-refractivity contribution in [2.24, 2.45) is 0 Å². The Bertz CT molecular complexity index is 250. The minimum Gasteiger partial charge on any atom is -0.366 e. The molecule has 0 heterocycles. The number of hydrogen-bond donors (Lipinski definition) is 1. The highest BCUT2D eigenvalue weighted by Crippen LogP contribution is 2.22. The molecule has 0 bridgehead atoms. The number of carbonyl (C=O) groups is 1. The first-order valence-electron chi connectivity index (χ1n) is 6.46. The fraction of sp³-hybridized carbons (Fsp3) is 0.923. The Hall–Kier alpha value is -0.280. The van der Waals surface area contributed by atoms with Gasteiger partial charge >= 0.3 is 0 Å². The zero-order chi connectivity index (χ0) is 12.9. The average Bonchev–Trinajstić information content (AvgIpc) is 2.41. The smallest absolute Gasteiger partial charge is 0.246 e. The van der Waals surface area contributed by atoms with Crippen LogP contribution in [0.2, 0.25) is 0 Å². The van der Waals surface area contributed by atoms with E-state index in [-0.39, 0.29) is 29.5 Å². The third-order valence-electron chi connectivity index (χ3n) is 2.91. The van der Waals surface area contributed by atoms with Crippen molar-refractivity contribution in [1.82, 2.24) is 5.32 Å². The lowest BCUT2D eigenvalue weighted by Crippen LogP contribution is -2.43. The number of alkyl halides is 1. The summed E-state index contributed by atoms with van der Waals surface area (Å²) < 4.78 is 5.44. The van der Waals surface area contributed by atoms with Crippen molar-refractivity contribution in [1.29, 1.82) is 0 Å². The van der Waals surface area contributed by atoms with E-state index in [4.69, 9.17) is 16.3 Å². The van der Waals surface area contributed by atoms with E-state index in [1.54, 1.807) is 0 Å². The van der Waals surface area contributed by atoms with Gasteiger partial charge in [-0.2, -0.15) is 0 Å². The van der Waals surface area contributed by atoms with Gasteiger partial charge in [0.1, 0.15) is 6.61 Å². The van der Waals surface area contributed by atoms with E-state index in [0.29, 0.717) is 0 Å². The number of halogens is 1. The van der Waals surface area contributed by atoms with E-state index < -0.39 is 0 Å². The Morgan fingerprint density at radius 2 is 1.94 bits per heavy atom. The summed E-state index contributed by atoms with van der Waals surface area (Å²) in [6.07, 6.45) is 5.50. The molecule has 1 aliphatic carbocycles. The van der Waals surface area contributed by atoms with Gasteiger partial charge < -0.3 is 10.1 Å². The molecule has 0 radical (unpaired) electrons. The fourth-order valence-electron chi connectivity index (χ4n) is 1.96. The van der Waals surface area contributed by atoms with Crippen molar-refractivity contribution in [3.8, 4) is 0 Å². The van der Waals surface area contributed by atoms with E-state index in [1.165, 1.54) is 12.8 Å². The molecule has 0 aromatic carbocycles. The molecule has 1 aliphatic rings. The SMILES string of the molecule is CC(C)(C)OCC(=O)NC1CCCCCC1Cl. The molecule has 0 spiro atoms. The maximum absolute atomic E-state index is 11.7. The molecule has 1 fully saturated rings. The highest BCUT2D eigenvalue weighted by atomic mass is 35.5. The third kappa shape index (κ3) is 6.27. The van der Waals surface area contributed by atoms with Crippen LogP contribution in [0.1, 0.15) is 52.9 Å². The second kappa shape index (κ2) is 6.60. The number of hydrogen-bond acceptors (Lipinski definition) is 2. The van der Waals surface area contributed by atoms with Crippen molar-refractivity contribution in [2.45, 2.75) is 69.9 Å². The van der Waals surface area contributed by atoms with Crippen LogP contribution in [0.4, 0.5) is 0 Å². The van der Waals surface area contributed by atoms with E-state index in [9.17, 15) is 4.79 Å². The van der Waals surface area contributed by atoms with Crippen molar-refractivity contribution in [3.63, 3.8) is 0 Å². The van der Waals surface area contributed by atoms with Crippen LogP contribution in [0.25, 0.3) is 0 Å². The van der Waals surface area contributed by atoms with E-state index in [2.05, 4.69) is 5.32 Å². The fourth-order valence-corrected chi connectivity index (χ4v) is 2.30. The van der Waals surface area contributed by atoms with Crippen LogP contribution in [-0.4, -0.2) is 29.5 Å². The largest absolute Gasteiger partial charge is 0.366 e. The Morgan fingerprint density at radius 1 is 1.29 bits per heavy atom. The van der Waals surface area contributed by atoms with E-state index in [0.717, 1.165) is 19.3 Å². The number of rotatable bonds is 3. The Balaban J connectivity index is 2.33. The molecule has 0 saturated heterocycles. The number of amides is 1. The third-order valence-corrected chi connectivity index (χ3v) is 3.44. The molecule has 17 heavy (non-hydrogen) atoms. The Kier molecular flexibility index (Phi) is 5.74. The van der Waals surface area contributed by atoms with Gasteiger partial charge in [0.05, 0.1) is 11.0 Å². The van der Waals surface area contributed by atoms with Gasteiger partial charge in [0.25, 0.3) is 0 Å². The van der Waals surface area contributed by atoms with Gasteiger partial charge in [-0.3, -0.25) is 4.79 Å². The molecule has 0 aromatic rings. The number of nitrogens with one attached hydrogen (secondary N) is 1.